The highest BCUT2D eigenvalue weighted by atomic mass is 35.5. The first-order chi connectivity index (χ1) is 16.4. The van der Waals surface area contributed by atoms with Gasteiger partial charge >= 0.3 is 0 Å². The van der Waals surface area contributed by atoms with Gasteiger partial charge in [-0.2, -0.15) is 5.10 Å². The number of amides is 1. The number of aromatic nitrogens is 1. The summed E-state index contributed by atoms with van der Waals surface area (Å²) in [4.78, 5) is 22.8. The van der Waals surface area contributed by atoms with Crippen LogP contribution in [0.15, 0.2) is 53.6 Å². The number of nitro groups is 1. The van der Waals surface area contributed by atoms with Gasteiger partial charge in [-0.25, -0.2) is 13.8 Å². The lowest BCUT2D eigenvalue weighted by Gasteiger charge is -2.21. The minimum atomic E-state index is -3.91. The lowest BCUT2D eigenvalue weighted by molar-refractivity contribution is -0.384. The van der Waals surface area contributed by atoms with Gasteiger partial charge in [-0.3, -0.25) is 19.2 Å². The second-order valence-corrected chi connectivity index (χ2v) is 10.3. The van der Waals surface area contributed by atoms with Crippen LogP contribution in [0, 0.1) is 24.0 Å². The first-order valence-corrected chi connectivity index (χ1v) is 12.7. The van der Waals surface area contributed by atoms with Gasteiger partial charge in [-0.1, -0.05) is 35.3 Å². The van der Waals surface area contributed by atoms with Gasteiger partial charge in [-0.15, -0.1) is 0 Å². The Balaban J connectivity index is 1.78. The van der Waals surface area contributed by atoms with Crippen LogP contribution in [0.25, 0.3) is 5.69 Å². The molecule has 0 aliphatic carbocycles. The number of carbonyl (C=O) groups is 1. The van der Waals surface area contributed by atoms with Crippen LogP contribution >= 0.6 is 23.2 Å². The van der Waals surface area contributed by atoms with Gasteiger partial charge in [0.15, 0.2) is 0 Å². The molecule has 0 atom stereocenters. The second kappa shape index (κ2) is 10.5. The largest absolute Gasteiger partial charge is 0.316 e. The molecule has 3 rings (SSSR count). The average Bonchev–Trinajstić information content (AvgIpc) is 3.06. The smallest absolute Gasteiger partial charge is 0.271 e. The van der Waals surface area contributed by atoms with Crippen LogP contribution < -0.4 is 9.73 Å². The summed E-state index contributed by atoms with van der Waals surface area (Å²) in [7, 11) is -3.91. The van der Waals surface area contributed by atoms with Crippen LogP contribution in [-0.2, 0) is 14.8 Å². The number of benzene rings is 2. The molecule has 35 heavy (non-hydrogen) atoms. The number of hydrogen-bond acceptors (Lipinski definition) is 6. The Morgan fingerprint density at radius 3 is 2.54 bits per heavy atom. The number of aryl methyl sites for hydroxylation is 1. The molecule has 0 spiro atoms. The minimum absolute atomic E-state index is 0.0113. The molecule has 1 amide bonds. The van der Waals surface area contributed by atoms with Crippen molar-refractivity contribution in [2.45, 2.75) is 13.8 Å². The topological polar surface area (TPSA) is 127 Å². The van der Waals surface area contributed by atoms with E-state index < -0.39 is 27.4 Å². The third-order valence-corrected chi connectivity index (χ3v) is 7.00. The molecule has 3 aromatic rings. The van der Waals surface area contributed by atoms with E-state index in [2.05, 4.69) is 10.5 Å². The quantitative estimate of drug-likeness (QED) is 0.261. The van der Waals surface area contributed by atoms with E-state index in [1.807, 2.05) is 30.5 Å². The molecular formula is C22H21Cl2N5O5S. The molecule has 10 nitrogen and oxygen atoms in total. The van der Waals surface area contributed by atoms with Crippen LogP contribution in [-0.4, -0.2) is 42.8 Å². The molecule has 0 saturated heterocycles. The van der Waals surface area contributed by atoms with Crippen molar-refractivity contribution in [1.29, 1.82) is 0 Å². The molecule has 1 heterocycles. The van der Waals surface area contributed by atoms with Gasteiger partial charge in [-0.05, 0) is 38.1 Å². The third-order valence-electron chi connectivity index (χ3n) is 5.05. The molecule has 184 valence electrons. The number of carbonyl (C=O) groups excluding carboxylic acids is 1. The van der Waals surface area contributed by atoms with Crippen molar-refractivity contribution in [3.05, 3.63) is 85.6 Å². The molecule has 0 bridgehead atoms. The number of nitrogens with one attached hydrogen (secondary N) is 1. The molecule has 1 N–H and O–H groups in total. The normalized spacial score (nSPS) is 11.6. The number of halogens is 2. The summed E-state index contributed by atoms with van der Waals surface area (Å²) in [5.41, 5.74) is 5.01. The predicted octanol–water partition coefficient (Wildman–Crippen LogP) is 4.23. The highest BCUT2D eigenvalue weighted by molar-refractivity contribution is 7.92. The van der Waals surface area contributed by atoms with Gasteiger partial charge in [0.1, 0.15) is 6.54 Å². The number of hydrazone groups is 1. The fourth-order valence-electron chi connectivity index (χ4n) is 3.46. The number of hydrogen-bond donors (Lipinski definition) is 1. The molecule has 13 heteroatoms. The Morgan fingerprint density at radius 1 is 1.20 bits per heavy atom. The Labute approximate surface area is 212 Å². The van der Waals surface area contributed by atoms with Crippen molar-refractivity contribution < 1.29 is 18.1 Å². The minimum Gasteiger partial charge on any atom is -0.316 e. The van der Waals surface area contributed by atoms with Crippen molar-refractivity contribution >= 4 is 56.7 Å². The Bertz CT molecular complexity index is 1440. The fraction of sp³-hybridized carbons (Fsp3) is 0.182. The number of rotatable bonds is 8. The Hall–Kier alpha value is -3.41. The molecular weight excluding hydrogens is 517 g/mol. The SMILES string of the molecule is Cc1cc(/C=N\NC(=O)CN(c2cccc([N+](=O)[O-])c2)S(C)(=O)=O)c(C)n1-c1cccc(Cl)c1Cl. The van der Waals surface area contributed by atoms with E-state index in [0.717, 1.165) is 28.0 Å². The van der Waals surface area contributed by atoms with E-state index in [-0.39, 0.29) is 11.4 Å². The third kappa shape index (κ3) is 5.99. The number of nitrogens with zero attached hydrogens (tertiary/aromatic N) is 4. The zero-order valence-corrected chi connectivity index (χ0v) is 21.2. The van der Waals surface area contributed by atoms with Gasteiger partial charge in [0.25, 0.3) is 11.6 Å². The first kappa shape index (κ1) is 26.2. The summed E-state index contributed by atoms with van der Waals surface area (Å²) in [5.74, 6) is -0.732. The highest BCUT2D eigenvalue weighted by Crippen LogP contribution is 2.31. The van der Waals surface area contributed by atoms with E-state index in [0.29, 0.717) is 21.3 Å². The van der Waals surface area contributed by atoms with E-state index >= 15 is 0 Å². The summed E-state index contributed by atoms with van der Waals surface area (Å²) >= 11 is 12.5. The average molecular weight is 538 g/mol. The van der Waals surface area contributed by atoms with Crippen LogP contribution in [0.4, 0.5) is 11.4 Å². The molecule has 0 fully saturated rings. The number of non-ortho nitro benzene ring substituents is 1. The summed E-state index contributed by atoms with van der Waals surface area (Å²) < 4.78 is 27.1. The van der Waals surface area contributed by atoms with Crippen molar-refractivity contribution in [3.8, 4) is 5.69 Å². The predicted molar refractivity (Wildman–Crippen MR) is 136 cm³/mol. The summed E-state index contributed by atoms with van der Waals surface area (Å²) in [6.07, 6.45) is 2.32. The molecule has 0 aliphatic heterocycles. The van der Waals surface area contributed by atoms with Crippen molar-refractivity contribution in [2.75, 3.05) is 17.1 Å². The van der Waals surface area contributed by atoms with Gasteiger partial charge < -0.3 is 4.57 Å². The second-order valence-electron chi connectivity index (χ2n) is 7.57. The molecule has 0 radical (unpaired) electrons. The lowest BCUT2D eigenvalue weighted by atomic mass is 10.2. The summed E-state index contributed by atoms with van der Waals surface area (Å²) in [6.45, 7) is 3.11. The van der Waals surface area contributed by atoms with Crippen LogP contribution in [0.3, 0.4) is 0 Å². The number of sulfonamides is 1. The van der Waals surface area contributed by atoms with Crippen LogP contribution in [0.1, 0.15) is 17.0 Å². The molecule has 2 aromatic carbocycles. The fourth-order valence-corrected chi connectivity index (χ4v) is 4.68. The van der Waals surface area contributed by atoms with Crippen molar-refractivity contribution in [1.82, 2.24) is 9.99 Å². The van der Waals surface area contributed by atoms with Gasteiger partial charge in [0.2, 0.25) is 10.0 Å². The lowest BCUT2D eigenvalue weighted by Crippen LogP contribution is -2.39. The Kier molecular flexibility index (Phi) is 7.83. The van der Waals surface area contributed by atoms with Gasteiger partial charge in [0.05, 0.1) is 38.8 Å². The Morgan fingerprint density at radius 2 is 1.89 bits per heavy atom. The number of anilines is 1. The van der Waals surface area contributed by atoms with E-state index in [4.69, 9.17) is 23.2 Å². The molecule has 1 aromatic heterocycles. The summed E-state index contributed by atoms with van der Waals surface area (Å²) in [5, 5.41) is 15.8. The van der Waals surface area contributed by atoms with E-state index in [1.54, 1.807) is 12.1 Å². The zero-order chi connectivity index (χ0) is 25.9. The first-order valence-electron chi connectivity index (χ1n) is 10.1. The van der Waals surface area contributed by atoms with Crippen molar-refractivity contribution in [2.24, 2.45) is 5.10 Å². The molecule has 0 unspecified atom stereocenters. The number of nitro benzene ring substituents is 1. The van der Waals surface area contributed by atoms with Gasteiger partial charge in [0, 0.05) is 29.1 Å². The maximum atomic E-state index is 12.4. The maximum absolute atomic E-state index is 12.4. The van der Waals surface area contributed by atoms with Crippen molar-refractivity contribution in [3.63, 3.8) is 0 Å². The summed E-state index contributed by atoms with van der Waals surface area (Å²) in [6, 6.07) is 12.1. The van der Waals surface area contributed by atoms with E-state index in [1.165, 1.54) is 24.4 Å². The highest BCUT2D eigenvalue weighted by Gasteiger charge is 2.22. The standard InChI is InChI=1S/C22H21Cl2N5O5S/c1-14-10-16(15(2)28(14)20-9-5-8-19(23)22(20)24)12-25-26-21(30)13-27(35(3,33)34)17-6-4-7-18(11-17)29(31)32/h4-12H,13H2,1-3H3,(H,26,30)/b25-12-. The zero-order valence-electron chi connectivity index (χ0n) is 18.9. The molecule has 0 saturated carbocycles. The van der Waals surface area contributed by atoms with E-state index in [9.17, 15) is 23.3 Å². The monoisotopic (exact) mass is 537 g/mol. The van der Waals surface area contributed by atoms with Crippen LogP contribution in [0.2, 0.25) is 10.0 Å². The van der Waals surface area contributed by atoms with Crippen LogP contribution in [0.5, 0.6) is 0 Å². The maximum Gasteiger partial charge on any atom is 0.271 e. The molecule has 0 aliphatic rings.